The molecule has 3 aromatic rings. The molecule has 0 aliphatic rings. The van der Waals surface area contributed by atoms with Gasteiger partial charge in [-0.3, -0.25) is 0 Å². The van der Waals surface area contributed by atoms with Crippen molar-refractivity contribution in [3.63, 3.8) is 0 Å². The van der Waals surface area contributed by atoms with E-state index in [0.717, 1.165) is 23.8 Å². The number of halogens is 3. The molecule has 0 amide bonds. The number of aryl methyl sites for hydroxylation is 1. The summed E-state index contributed by atoms with van der Waals surface area (Å²) in [6.45, 7) is 1.76. The van der Waals surface area contributed by atoms with Crippen molar-refractivity contribution in [2.75, 3.05) is 5.73 Å². The molecular formula is C15H11F3N4O. The van der Waals surface area contributed by atoms with Gasteiger partial charge in [0, 0.05) is 17.3 Å². The first-order valence-electron chi connectivity index (χ1n) is 6.60. The van der Waals surface area contributed by atoms with Gasteiger partial charge in [-0.25, -0.2) is 18.2 Å². The number of rotatable bonds is 3. The molecule has 23 heavy (non-hydrogen) atoms. The Morgan fingerprint density at radius 1 is 1.22 bits per heavy atom. The summed E-state index contributed by atoms with van der Waals surface area (Å²) in [5.74, 6) is -0.378. The van der Waals surface area contributed by atoms with E-state index in [1.54, 1.807) is 13.0 Å². The normalized spacial score (nSPS) is 11.2. The van der Waals surface area contributed by atoms with E-state index in [1.807, 2.05) is 0 Å². The van der Waals surface area contributed by atoms with Crippen molar-refractivity contribution in [3.05, 3.63) is 47.4 Å². The number of hydrogen-bond donors (Lipinski definition) is 1. The molecule has 0 bridgehead atoms. The molecule has 0 atom stereocenters. The Labute approximate surface area is 129 Å². The first-order chi connectivity index (χ1) is 11.0. The summed E-state index contributed by atoms with van der Waals surface area (Å²) < 4.78 is 44.3. The van der Waals surface area contributed by atoms with E-state index in [2.05, 4.69) is 15.1 Å². The van der Waals surface area contributed by atoms with Gasteiger partial charge in [-0.15, -0.1) is 0 Å². The number of benzene rings is 1. The summed E-state index contributed by atoms with van der Waals surface area (Å²) in [7, 11) is 0. The van der Waals surface area contributed by atoms with Crippen molar-refractivity contribution in [2.45, 2.75) is 13.3 Å². The first kappa shape index (κ1) is 15.0. The number of hydrogen-bond acceptors (Lipinski definition) is 5. The van der Waals surface area contributed by atoms with Crippen LogP contribution in [0.25, 0.3) is 22.8 Å². The van der Waals surface area contributed by atoms with Crippen molar-refractivity contribution in [1.29, 1.82) is 0 Å². The fourth-order valence-electron chi connectivity index (χ4n) is 2.00. The van der Waals surface area contributed by atoms with Crippen LogP contribution in [-0.4, -0.2) is 15.1 Å². The summed E-state index contributed by atoms with van der Waals surface area (Å²) in [6.07, 6.45) is -1.27. The number of alkyl halides is 2. The van der Waals surface area contributed by atoms with Gasteiger partial charge >= 0.3 is 0 Å². The zero-order valence-corrected chi connectivity index (χ0v) is 11.9. The zero-order valence-electron chi connectivity index (χ0n) is 11.9. The third kappa shape index (κ3) is 2.87. The third-order valence-electron chi connectivity index (χ3n) is 3.28. The van der Waals surface area contributed by atoms with Crippen molar-refractivity contribution >= 4 is 5.82 Å². The minimum atomic E-state index is -2.72. The second kappa shape index (κ2) is 5.71. The minimum Gasteiger partial charge on any atom is -0.383 e. The van der Waals surface area contributed by atoms with E-state index in [4.69, 9.17) is 10.3 Å². The molecule has 0 aliphatic heterocycles. The average molecular weight is 320 g/mol. The van der Waals surface area contributed by atoms with E-state index in [0.29, 0.717) is 11.4 Å². The number of nitrogen functional groups attached to an aromatic ring is 1. The molecule has 0 spiro atoms. The topological polar surface area (TPSA) is 77.8 Å². The van der Waals surface area contributed by atoms with Crippen molar-refractivity contribution in [2.24, 2.45) is 0 Å². The number of pyridine rings is 1. The summed E-state index contributed by atoms with van der Waals surface area (Å²) in [4.78, 5) is 8.01. The number of anilines is 1. The standard InChI is InChI=1S/C15H11F3N4O/c1-7-4-9(6-20-13(7)19)14-21-15(23-22-14)10-5-8(12(17)18)2-3-11(10)16/h2-6,12H,1H3,(H2,19,20). The molecule has 0 saturated carbocycles. The molecule has 8 heteroatoms. The van der Waals surface area contributed by atoms with E-state index >= 15 is 0 Å². The molecule has 2 N–H and O–H groups in total. The summed E-state index contributed by atoms with van der Waals surface area (Å²) in [5, 5.41) is 3.73. The highest BCUT2D eigenvalue weighted by molar-refractivity contribution is 5.62. The highest BCUT2D eigenvalue weighted by Crippen LogP contribution is 2.29. The highest BCUT2D eigenvalue weighted by atomic mass is 19.3. The van der Waals surface area contributed by atoms with Crippen LogP contribution in [0, 0.1) is 12.7 Å². The van der Waals surface area contributed by atoms with Gasteiger partial charge in [0.05, 0.1) is 5.56 Å². The molecule has 0 fully saturated rings. The van der Waals surface area contributed by atoms with Crippen LogP contribution in [0.3, 0.4) is 0 Å². The Balaban J connectivity index is 2.02. The van der Waals surface area contributed by atoms with Gasteiger partial charge in [0.15, 0.2) is 0 Å². The SMILES string of the molecule is Cc1cc(-c2noc(-c3cc(C(F)F)ccc3F)n2)cnc1N. The lowest BCUT2D eigenvalue weighted by atomic mass is 10.1. The Kier molecular flexibility index (Phi) is 3.73. The van der Waals surface area contributed by atoms with Crippen molar-refractivity contribution in [3.8, 4) is 22.8 Å². The fourth-order valence-corrected chi connectivity index (χ4v) is 2.00. The van der Waals surface area contributed by atoms with Crippen molar-refractivity contribution in [1.82, 2.24) is 15.1 Å². The molecule has 118 valence electrons. The Bertz CT molecular complexity index is 864. The van der Waals surface area contributed by atoms with Crippen LogP contribution in [0.1, 0.15) is 17.6 Å². The van der Waals surface area contributed by atoms with Crippen LogP contribution < -0.4 is 5.73 Å². The lowest BCUT2D eigenvalue weighted by Crippen LogP contribution is -1.94. The predicted molar refractivity (Wildman–Crippen MR) is 77.0 cm³/mol. The number of aromatic nitrogens is 3. The maximum absolute atomic E-state index is 13.8. The van der Waals surface area contributed by atoms with Crippen LogP contribution in [0.15, 0.2) is 35.0 Å². The molecule has 0 saturated heterocycles. The summed E-state index contributed by atoms with van der Waals surface area (Å²) >= 11 is 0. The molecule has 3 rings (SSSR count). The smallest absolute Gasteiger partial charge is 0.263 e. The second-order valence-electron chi connectivity index (χ2n) is 4.89. The molecule has 0 aliphatic carbocycles. The van der Waals surface area contributed by atoms with Gasteiger partial charge in [-0.2, -0.15) is 4.98 Å². The van der Waals surface area contributed by atoms with Crippen LogP contribution in [0.2, 0.25) is 0 Å². The molecular weight excluding hydrogens is 309 g/mol. The maximum Gasteiger partial charge on any atom is 0.263 e. The quantitative estimate of drug-likeness (QED) is 0.795. The van der Waals surface area contributed by atoms with E-state index in [9.17, 15) is 13.2 Å². The predicted octanol–water partition coefficient (Wildman–Crippen LogP) is 3.77. The van der Waals surface area contributed by atoms with Gasteiger partial charge < -0.3 is 10.3 Å². The van der Waals surface area contributed by atoms with E-state index < -0.39 is 12.2 Å². The van der Waals surface area contributed by atoms with Gasteiger partial charge in [0.25, 0.3) is 12.3 Å². The largest absolute Gasteiger partial charge is 0.383 e. The van der Waals surface area contributed by atoms with Gasteiger partial charge in [-0.1, -0.05) is 11.2 Å². The average Bonchev–Trinajstić information content (AvgIpc) is 3.00. The Morgan fingerprint density at radius 3 is 2.70 bits per heavy atom. The second-order valence-corrected chi connectivity index (χ2v) is 4.89. The monoisotopic (exact) mass is 320 g/mol. The molecule has 0 unspecified atom stereocenters. The van der Waals surface area contributed by atoms with E-state index in [-0.39, 0.29) is 22.8 Å². The Morgan fingerprint density at radius 2 is 2.00 bits per heavy atom. The third-order valence-corrected chi connectivity index (χ3v) is 3.28. The lowest BCUT2D eigenvalue weighted by molar-refractivity contribution is 0.151. The molecule has 5 nitrogen and oxygen atoms in total. The van der Waals surface area contributed by atoms with Crippen LogP contribution in [0.5, 0.6) is 0 Å². The number of nitrogens with two attached hydrogens (primary N) is 1. The Hall–Kier alpha value is -2.90. The fraction of sp³-hybridized carbons (Fsp3) is 0.133. The first-order valence-corrected chi connectivity index (χ1v) is 6.60. The van der Waals surface area contributed by atoms with E-state index in [1.165, 1.54) is 6.20 Å². The minimum absolute atomic E-state index is 0.164. The lowest BCUT2D eigenvalue weighted by Gasteiger charge is -2.02. The van der Waals surface area contributed by atoms with Crippen LogP contribution >= 0.6 is 0 Å². The maximum atomic E-state index is 13.8. The van der Waals surface area contributed by atoms with Crippen LogP contribution in [-0.2, 0) is 0 Å². The van der Waals surface area contributed by atoms with Gasteiger partial charge in [0.1, 0.15) is 11.6 Å². The molecule has 1 aromatic carbocycles. The summed E-state index contributed by atoms with van der Waals surface area (Å²) in [5.41, 5.74) is 6.37. The molecule has 0 radical (unpaired) electrons. The number of nitrogens with zero attached hydrogens (tertiary/aromatic N) is 3. The highest BCUT2D eigenvalue weighted by Gasteiger charge is 2.18. The van der Waals surface area contributed by atoms with Gasteiger partial charge in [0.2, 0.25) is 5.82 Å². The van der Waals surface area contributed by atoms with Crippen molar-refractivity contribution < 1.29 is 17.7 Å². The van der Waals surface area contributed by atoms with Crippen LogP contribution in [0.4, 0.5) is 19.0 Å². The summed E-state index contributed by atoms with van der Waals surface area (Å²) in [6, 6.07) is 4.64. The molecule has 2 aromatic heterocycles. The van der Waals surface area contributed by atoms with Gasteiger partial charge in [-0.05, 0) is 30.7 Å². The molecule has 2 heterocycles. The zero-order chi connectivity index (χ0) is 16.6.